The molecule has 0 bridgehead atoms. The number of anilines is 1. The van der Waals surface area contributed by atoms with Crippen LogP contribution in [0.15, 0.2) is 42.5 Å². The lowest BCUT2D eigenvalue weighted by Gasteiger charge is -2.38. The average Bonchev–Trinajstić information content (AvgIpc) is 2.56. The summed E-state index contributed by atoms with van der Waals surface area (Å²) in [7, 11) is 0. The molecule has 5 nitrogen and oxygen atoms in total. The van der Waals surface area contributed by atoms with Gasteiger partial charge in [0.2, 0.25) is 5.91 Å². The maximum absolute atomic E-state index is 13.2. The summed E-state index contributed by atoms with van der Waals surface area (Å²) in [5.74, 6) is -3.15. The molecule has 2 aromatic rings. The third-order valence-electron chi connectivity index (χ3n) is 3.99. The molecule has 0 saturated carbocycles. The molecule has 7 heteroatoms. The summed E-state index contributed by atoms with van der Waals surface area (Å²) in [6.45, 7) is 0.417. The lowest BCUT2D eigenvalue weighted by Crippen LogP contribution is -2.54. The molecule has 0 aliphatic carbocycles. The van der Waals surface area contributed by atoms with Crippen LogP contribution < -0.4 is 5.32 Å². The van der Waals surface area contributed by atoms with E-state index in [1.807, 2.05) is 6.07 Å². The fraction of sp³-hybridized carbons (Fsp3) is 0.167. The molecule has 2 amide bonds. The van der Waals surface area contributed by atoms with E-state index in [4.69, 9.17) is 5.26 Å². The minimum Gasteiger partial charge on any atom is -0.337 e. The second-order valence-electron chi connectivity index (χ2n) is 5.71. The molecular weight excluding hydrogens is 328 g/mol. The number of hydrogen-bond acceptors (Lipinski definition) is 3. The van der Waals surface area contributed by atoms with Gasteiger partial charge in [-0.1, -0.05) is 0 Å². The molecule has 0 spiro atoms. The zero-order valence-electron chi connectivity index (χ0n) is 13.0. The van der Waals surface area contributed by atoms with Crippen LogP contribution in [-0.4, -0.2) is 29.8 Å². The molecule has 0 radical (unpaired) electrons. The van der Waals surface area contributed by atoms with Crippen molar-refractivity contribution < 1.29 is 18.4 Å². The summed E-state index contributed by atoms with van der Waals surface area (Å²) in [4.78, 5) is 25.7. The van der Waals surface area contributed by atoms with E-state index in [0.29, 0.717) is 11.3 Å². The molecule has 1 saturated heterocycles. The van der Waals surface area contributed by atoms with Crippen LogP contribution in [0.1, 0.15) is 15.9 Å². The number of nitriles is 1. The molecule has 0 unspecified atom stereocenters. The number of likely N-dealkylation sites (tertiary alicyclic amines) is 1. The van der Waals surface area contributed by atoms with Gasteiger partial charge in [0, 0.05) is 24.3 Å². The maximum Gasteiger partial charge on any atom is 0.254 e. The summed E-state index contributed by atoms with van der Waals surface area (Å²) in [5, 5.41) is 11.4. The molecule has 1 aliphatic rings. The smallest absolute Gasteiger partial charge is 0.254 e. The van der Waals surface area contributed by atoms with Crippen LogP contribution in [0.2, 0.25) is 0 Å². The molecule has 126 valence electrons. The predicted octanol–water partition coefficient (Wildman–Crippen LogP) is 2.55. The van der Waals surface area contributed by atoms with Crippen molar-refractivity contribution in [3.8, 4) is 6.07 Å². The van der Waals surface area contributed by atoms with Crippen molar-refractivity contribution in [2.45, 2.75) is 0 Å². The first kappa shape index (κ1) is 16.6. The lowest BCUT2D eigenvalue weighted by molar-refractivity contribution is -0.123. The Morgan fingerprint density at radius 1 is 1.08 bits per heavy atom. The Morgan fingerprint density at radius 3 is 2.36 bits per heavy atom. The molecule has 0 atom stereocenters. The summed E-state index contributed by atoms with van der Waals surface area (Å²) >= 11 is 0. The Balaban J connectivity index is 1.56. The van der Waals surface area contributed by atoms with Crippen molar-refractivity contribution in [1.82, 2.24) is 4.90 Å². The standard InChI is InChI=1S/C18H13F2N3O2/c19-15-6-3-12(7-16(15)20)18(25)23-9-13(10-23)17(24)22-14-4-1-11(8-21)2-5-14/h1-7,13H,9-10H2,(H,22,24). The first-order valence-electron chi connectivity index (χ1n) is 7.53. The molecule has 25 heavy (non-hydrogen) atoms. The number of benzene rings is 2. The molecule has 1 N–H and O–H groups in total. The summed E-state index contributed by atoms with van der Waals surface area (Å²) in [6.07, 6.45) is 0. The van der Waals surface area contributed by atoms with Gasteiger partial charge in [0.25, 0.3) is 5.91 Å². The van der Waals surface area contributed by atoms with Gasteiger partial charge in [0.05, 0.1) is 17.6 Å². The molecule has 3 rings (SSSR count). The average molecular weight is 341 g/mol. The second kappa shape index (κ2) is 6.69. The van der Waals surface area contributed by atoms with E-state index in [2.05, 4.69) is 5.32 Å². The maximum atomic E-state index is 13.2. The Labute approximate surface area is 142 Å². The van der Waals surface area contributed by atoms with E-state index in [9.17, 15) is 18.4 Å². The highest BCUT2D eigenvalue weighted by molar-refractivity contribution is 5.98. The van der Waals surface area contributed by atoms with Crippen molar-refractivity contribution in [3.63, 3.8) is 0 Å². The van der Waals surface area contributed by atoms with Crippen molar-refractivity contribution in [2.75, 3.05) is 18.4 Å². The highest BCUT2D eigenvalue weighted by Crippen LogP contribution is 2.21. The number of rotatable bonds is 3. The molecule has 0 aromatic heterocycles. The number of nitrogens with zero attached hydrogens (tertiary/aromatic N) is 2. The summed E-state index contributed by atoms with van der Waals surface area (Å²) in [5.41, 5.74) is 1.10. The Kier molecular flexibility index (Phi) is 4.44. The minimum atomic E-state index is -1.08. The van der Waals surface area contributed by atoms with Gasteiger partial charge < -0.3 is 10.2 Å². The summed E-state index contributed by atoms with van der Waals surface area (Å²) < 4.78 is 26.1. The molecule has 1 heterocycles. The van der Waals surface area contributed by atoms with Crippen LogP contribution in [0.25, 0.3) is 0 Å². The van der Waals surface area contributed by atoms with Gasteiger partial charge in [0.1, 0.15) is 0 Å². The third-order valence-corrected chi connectivity index (χ3v) is 3.99. The highest BCUT2D eigenvalue weighted by Gasteiger charge is 2.36. The first-order valence-corrected chi connectivity index (χ1v) is 7.53. The number of carbonyl (C=O) groups excluding carboxylic acids is 2. The van der Waals surface area contributed by atoms with E-state index >= 15 is 0 Å². The number of carbonyl (C=O) groups is 2. The van der Waals surface area contributed by atoms with Gasteiger partial charge in [-0.25, -0.2) is 8.78 Å². The van der Waals surface area contributed by atoms with Crippen LogP contribution in [0.4, 0.5) is 14.5 Å². The van der Waals surface area contributed by atoms with Crippen LogP contribution in [0.3, 0.4) is 0 Å². The molecule has 1 aliphatic heterocycles. The Morgan fingerprint density at radius 2 is 1.76 bits per heavy atom. The normalized spacial score (nSPS) is 13.7. The SMILES string of the molecule is N#Cc1ccc(NC(=O)C2CN(C(=O)c3ccc(F)c(F)c3)C2)cc1. The number of halogens is 2. The molecular formula is C18H13F2N3O2. The number of hydrogen-bond donors (Lipinski definition) is 1. The Hall–Kier alpha value is -3.27. The van der Waals surface area contributed by atoms with E-state index in [1.165, 1.54) is 11.0 Å². The van der Waals surface area contributed by atoms with E-state index in [0.717, 1.165) is 12.1 Å². The van der Waals surface area contributed by atoms with Crippen LogP contribution in [0.5, 0.6) is 0 Å². The second-order valence-corrected chi connectivity index (χ2v) is 5.71. The van der Waals surface area contributed by atoms with Gasteiger partial charge in [-0.2, -0.15) is 5.26 Å². The minimum absolute atomic E-state index is 0.0462. The van der Waals surface area contributed by atoms with E-state index < -0.39 is 17.5 Å². The largest absolute Gasteiger partial charge is 0.337 e. The Bertz CT molecular complexity index is 869. The highest BCUT2D eigenvalue weighted by atomic mass is 19.2. The predicted molar refractivity (Wildman–Crippen MR) is 85.5 cm³/mol. The fourth-order valence-corrected chi connectivity index (χ4v) is 2.49. The van der Waals surface area contributed by atoms with Crippen LogP contribution in [0, 0.1) is 28.9 Å². The topological polar surface area (TPSA) is 73.2 Å². The number of amides is 2. The first-order chi connectivity index (χ1) is 12.0. The van der Waals surface area contributed by atoms with Gasteiger partial charge in [-0.3, -0.25) is 9.59 Å². The molecule has 1 fully saturated rings. The third kappa shape index (κ3) is 3.48. The van der Waals surface area contributed by atoms with Crippen molar-refractivity contribution in [3.05, 3.63) is 65.2 Å². The van der Waals surface area contributed by atoms with Gasteiger partial charge >= 0.3 is 0 Å². The lowest BCUT2D eigenvalue weighted by atomic mass is 9.97. The zero-order chi connectivity index (χ0) is 18.0. The van der Waals surface area contributed by atoms with Gasteiger partial charge in [0.15, 0.2) is 11.6 Å². The van der Waals surface area contributed by atoms with Gasteiger partial charge in [-0.05, 0) is 42.5 Å². The zero-order valence-corrected chi connectivity index (χ0v) is 13.0. The van der Waals surface area contributed by atoms with Gasteiger partial charge in [-0.15, -0.1) is 0 Å². The van der Waals surface area contributed by atoms with Crippen molar-refractivity contribution in [1.29, 1.82) is 5.26 Å². The monoisotopic (exact) mass is 341 g/mol. The van der Waals surface area contributed by atoms with Crippen molar-refractivity contribution >= 4 is 17.5 Å². The quantitative estimate of drug-likeness (QED) is 0.932. The molecule has 2 aromatic carbocycles. The number of nitrogens with one attached hydrogen (secondary N) is 1. The van der Waals surface area contributed by atoms with E-state index in [1.54, 1.807) is 24.3 Å². The fourth-order valence-electron chi connectivity index (χ4n) is 2.49. The summed E-state index contributed by atoms with van der Waals surface area (Å²) in [6, 6.07) is 11.4. The van der Waals surface area contributed by atoms with Crippen LogP contribution in [-0.2, 0) is 4.79 Å². The van der Waals surface area contributed by atoms with Crippen molar-refractivity contribution in [2.24, 2.45) is 5.92 Å². The van der Waals surface area contributed by atoms with E-state index in [-0.39, 0.29) is 30.5 Å². The van der Waals surface area contributed by atoms with Crippen LogP contribution >= 0.6 is 0 Å².